The van der Waals surface area contributed by atoms with Crippen LogP contribution in [0.25, 0.3) is 0 Å². The number of nitrogens with one attached hydrogen (secondary N) is 1. The number of rotatable bonds is 4. The van der Waals surface area contributed by atoms with Crippen molar-refractivity contribution in [2.75, 3.05) is 5.32 Å². The van der Waals surface area contributed by atoms with Crippen LogP contribution in [0.3, 0.4) is 0 Å². The Kier molecular flexibility index (Phi) is 4.14. The highest BCUT2D eigenvalue weighted by molar-refractivity contribution is 7.14. The molecule has 2 N–H and O–H groups in total. The van der Waals surface area contributed by atoms with Crippen LogP contribution in [0, 0.1) is 6.92 Å². The topological polar surface area (TPSA) is 79.3 Å². The van der Waals surface area contributed by atoms with Crippen molar-refractivity contribution < 1.29 is 14.7 Å². The Bertz CT molecular complexity index is 664. The molecule has 104 valence electrons. The summed E-state index contributed by atoms with van der Waals surface area (Å²) < 4.78 is 0. The Morgan fingerprint density at radius 2 is 2.15 bits per heavy atom. The van der Waals surface area contributed by atoms with E-state index in [4.69, 9.17) is 5.11 Å². The summed E-state index contributed by atoms with van der Waals surface area (Å²) >= 11 is 1.45. The third-order valence-electron chi connectivity index (χ3n) is 2.80. The minimum atomic E-state index is -1.12. The highest BCUT2D eigenvalue weighted by atomic mass is 32.1. The largest absolute Gasteiger partial charge is 0.477 e. The molecule has 2 rings (SSSR count). The van der Waals surface area contributed by atoms with Gasteiger partial charge in [-0.15, -0.1) is 11.3 Å². The number of aromatic nitrogens is 1. The lowest BCUT2D eigenvalue weighted by atomic mass is 10.2. The zero-order chi connectivity index (χ0) is 14.7. The van der Waals surface area contributed by atoms with Crippen LogP contribution in [-0.4, -0.2) is 22.0 Å². The summed E-state index contributed by atoms with van der Waals surface area (Å²) in [5.41, 5.74) is 1.43. The van der Waals surface area contributed by atoms with Gasteiger partial charge in [0, 0.05) is 16.8 Å². The molecule has 0 spiro atoms. The van der Waals surface area contributed by atoms with E-state index in [-0.39, 0.29) is 11.6 Å². The Morgan fingerprint density at radius 1 is 1.40 bits per heavy atom. The van der Waals surface area contributed by atoms with Gasteiger partial charge in [-0.3, -0.25) is 4.79 Å². The standard InChI is InChI=1S/C14H14N2O3S/c1-3-11-8(2)6-12(20-11)13(17)16-9-4-5-15-10(7-9)14(18)19/h4-7H,3H2,1-2H3,(H,18,19)(H,15,16,17). The first-order valence-electron chi connectivity index (χ1n) is 6.11. The van der Waals surface area contributed by atoms with Crippen LogP contribution in [0.4, 0.5) is 5.69 Å². The fourth-order valence-electron chi connectivity index (χ4n) is 1.80. The number of carbonyl (C=O) groups is 2. The van der Waals surface area contributed by atoms with Gasteiger partial charge in [0.2, 0.25) is 0 Å². The van der Waals surface area contributed by atoms with E-state index in [1.54, 1.807) is 6.07 Å². The Balaban J connectivity index is 2.18. The molecule has 0 radical (unpaired) electrons. The number of carboxylic acid groups (broad SMARTS) is 1. The lowest BCUT2D eigenvalue weighted by Crippen LogP contribution is -2.11. The molecule has 0 aromatic carbocycles. The second-order valence-corrected chi connectivity index (χ2v) is 5.40. The molecular formula is C14H14N2O3S. The molecular weight excluding hydrogens is 276 g/mol. The van der Waals surface area contributed by atoms with Gasteiger partial charge in [-0.1, -0.05) is 6.92 Å². The number of amides is 1. The maximum absolute atomic E-state index is 12.1. The maximum atomic E-state index is 12.1. The summed E-state index contributed by atoms with van der Waals surface area (Å²) in [6.07, 6.45) is 2.25. The molecule has 20 heavy (non-hydrogen) atoms. The number of nitrogens with zero attached hydrogens (tertiary/aromatic N) is 1. The van der Waals surface area contributed by atoms with Crippen molar-refractivity contribution in [3.63, 3.8) is 0 Å². The molecule has 0 unspecified atom stereocenters. The van der Waals surface area contributed by atoms with Crippen molar-refractivity contribution in [3.05, 3.63) is 45.4 Å². The van der Waals surface area contributed by atoms with Gasteiger partial charge in [-0.25, -0.2) is 9.78 Å². The normalized spacial score (nSPS) is 10.3. The van der Waals surface area contributed by atoms with Gasteiger partial charge in [0.1, 0.15) is 5.69 Å². The van der Waals surface area contributed by atoms with Gasteiger partial charge in [0.05, 0.1) is 4.88 Å². The van der Waals surface area contributed by atoms with Crippen molar-refractivity contribution >= 4 is 28.9 Å². The third-order valence-corrected chi connectivity index (χ3v) is 4.18. The molecule has 0 saturated carbocycles. The van der Waals surface area contributed by atoms with Crippen molar-refractivity contribution in [1.82, 2.24) is 4.98 Å². The number of pyridine rings is 1. The number of hydrogen-bond acceptors (Lipinski definition) is 4. The highest BCUT2D eigenvalue weighted by Crippen LogP contribution is 2.23. The van der Waals surface area contributed by atoms with Gasteiger partial charge in [-0.05, 0) is 37.1 Å². The number of thiophene rings is 1. The first-order valence-corrected chi connectivity index (χ1v) is 6.93. The van der Waals surface area contributed by atoms with Crippen molar-refractivity contribution in [3.8, 4) is 0 Å². The molecule has 0 saturated heterocycles. The lowest BCUT2D eigenvalue weighted by Gasteiger charge is -2.03. The summed E-state index contributed by atoms with van der Waals surface area (Å²) in [4.78, 5) is 28.4. The van der Waals surface area contributed by atoms with E-state index < -0.39 is 5.97 Å². The summed E-state index contributed by atoms with van der Waals surface area (Å²) in [5.74, 6) is -1.36. The van der Waals surface area contributed by atoms with Crippen LogP contribution in [0.5, 0.6) is 0 Å². The molecule has 0 aliphatic rings. The van der Waals surface area contributed by atoms with Crippen molar-refractivity contribution in [1.29, 1.82) is 0 Å². The van der Waals surface area contributed by atoms with Crippen LogP contribution < -0.4 is 5.32 Å². The summed E-state index contributed by atoms with van der Waals surface area (Å²) in [5, 5.41) is 11.5. The van der Waals surface area contributed by atoms with Gasteiger partial charge >= 0.3 is 5.97 Å². The number of anilines is 1. The molecule has 2 heterocycles. The lowest BCUT2D eigenvalue weighted by molar-refractivity contribution is 0.0690. The predicted molar refractivity (Wildman–Crippen MR) is 77.6 cm³/mol. The number of aryl methyl sites for hydroxylation is 2. The third kappa shape index (κ3) is 3.03. The number of hydrogen-bond donors (Lipinski definition) is 2. The number of carbonyl (C=O) groups excluding carboxylic acids is 1. The summed E-state index contributed by atoms with van der Waals surface area (Å²) in [7, 11) is 0. The minimum Gasteiger partial charge on any atom is -0.477 e. The van der Waals surface area contributed by atoms with Crippen LogP contribution in [0.2, 0.25) is 0 Å². The molecule has 2 aromatic heterocycles. The molecule has 2 aromatic rings. The number of carboxylic acids is 1. The van der Waals surface area contributed by atoms with Crippen LogP contribution in [0.15, 0.2) is 24.4 Å². The molecule has 0 bridgehead atoms. The molecule has 5 nitrogen and oxygen atoms in total. The van der Waals surface area contributed by atoms with Crippen molar-refractivity contribution in [2.45, 2.75) is 20.3 Å². The minimum absolute atomic E-state index is 0.0978. The molecule has 1 amide bonds. The molecule has 0 fully saturated rings. The SMILES string of the molecule is CCc1sc(C(=O)Nc2ccnc(C(=O)O)c2)cc1C. The first-order chi connectivity index (χ1) is 9.51. The molecule has 0 aliphatic heterocycles. The van der Waals surface area contributed by atoms with E-state index in [0.717, 1.165) is 12.0 Å². The van der Waals surface area contributed by atoms with Crippen LogP contribution in [-0.2, 0) is 6.42 Å². The second-order valence-electron chi connectivity index (χ2n) is 4.26. The van der Waals surface area contributed by atoms with Gasteiger partial charge in [0.25, 0.3) is 5.91 Å². The average molecular weight is 290 g/mol. The fraction of sp³-hybridized carbons (Fsp3) is 0.214. The monoisotopic (exact) mass is 290 g/mol. The molecule has 6 heteroatoms. The molecule has 0 aliphatic carbocycles. The zero-order valence-electron chi connectivity index (χ0n) is 11.1. The predicted octanol–water partition coefficient (Wildman–Crippen LogP) is 2.96. The Labute approximate surface area is 120 Å². The molecule has 0 atom stereocenters. The van der Waals surface area contributed by atoms with Gasteiger partial charge in [0.15, 0.2) is 0 Å². The van der Waals surface area contributed by atoms with E-state index in [1.807, 2.05) is 19.9 Å². The Hall–Kier alpha value is -2.21. The van der Waals surface area contributed by atoms with Gasteiger partial charge in [-0.2, -0.15) is 0 Å². The Morgan fingerprint density at radius 3 is 2.75 bits per heavy atom. The zero-order valence-corrected chi connectivity index (χ0v) is 12.0. The second kappa shape index (κ2) is 5.83. The summed E-state index contributed by atoms with van der Waals surface area (Å²) in [6.45, 7) is 4.02. The number of aromatic carboxylic acids is 1. The summed E-state index contributed by atoms with van der Waals surface area (Å²) in [6, 6.07) is 4.74. The van der Waals surface area contributed by atoms with E-state index in [0.29, 0.717) is 10.6 Å². The smallest absolute Gasteiger partial charge is 0.354 e. The maximum Gasteiger partial charge on any atom is 0.354 e. The first kappa shape index (κ1) is 14.2. The van der Waals surface area contributed by atoms with Gasteiger partial charge < -0.3 is 10.4 Å². The van der Waals surface area contributed by atoms with Crippen molar-refractivity contribution in [2.24, 2.45) is 0 Å². The van der Waals surface area contributed by atoms with E-state index >= 15 is 0 Å². The van der Waals surface area contributed by atoms with Crippen LogP contribution in [0.1, 0.15) is 37.5 Å². The van der Waals surface area contributed by atoms with E-state index in [9.17, 15) is 9.59 Å². The highest BCUT2D eigenvalue weighted by Gasteiger charge is 2.13. The fourth-order valence-corrected chi connectivity index (χ4v) is 2.81. The van der Waals surface area contributed by atoms with Crippen LogP contribution >= 0.6 is 11.3 Å². The van der Waals surface area contributed by atoms with E-state index in [1.165, 1.54) is 28.5 Å². The quantitative estimate of drug-likeness (QED) is 0.907. The average Bonchev–Trinajstić information content (AvgIpc) is 2.80. The van der Waals surface area contributed by atoms with E-state index in [2.05, 4.69) is 10.3 Å².